The number of hydrogen-bond acceptors (Lipinski definition) is 6. The van der Waals surface area contributed by atoms with Crippen molar-refractivity contribution in [2.45, 2.75) is 13.5 Å². The standard InChI is InChI=1S/C31H25BrN2O5S/c1-3-34-29(35)27(40-31(34)33-23-12-7-10-21(17-23)30(36)37)16-19-14-25(32)28(26(15-19)38-2)39-18-22-11-6-9-20-8-4-5-13-24(20)22/h4-17H,3,18H2,1-2H3,(H,36,37)/b27-16-,33-31?. The van der Waals surface area contributed by atoms with Gasteiger partial charge in [-0.3, -0.25) is 9.69 Å². The zero-order valence-electron chi connectivity index (χ0n) is 21.8. The van der Waals surface area contributed by atoms with Crippen LogP contribution in [0.4, 0.5) is 5.69 Å². The maximum absolute atomic E-state index is 13.2. The average molecular weight is 618 g/mol. The fourth-order valence-electron chi connectivity index (χ4n) is 4.37. The van der Waals surface area contributed by atoms with Crippen molar-refractivity contribution < 1.29 is 24.2 Å². The molecule has 202 valence electrons. The molecule has 0 aliphatic carbocycles. The first-order valence-corrected chi connectivity index (χ1v) is 14.1. The summed E-state index contributed by atoms with van der Waals surface area (Å²) in [6.45, 7) is 2.65. The molecule has 1 heterocycles. The molecule has 1 N–H and O–H groups in total. The topological polar surface area (TPSA) is 88.4 Å². The van der Waals surface area contributed by atoms with Crippen molar-refractivity contribution in [1.29, 1.82) is 0 Å². The Labute approximate surface area is 244 Å². The van der Waals surface area contributed by atoms with Gasteiger partial charge in [-0.15, -0.1) is 0 Å². The van der Waals surface area contributed by atoms with E-state index in [1.165, 1.54) is 23.9 Å². The van der Waals surface area contributed by atoms with Crippen LogP contribution in [0.3, 0.4) is 0 Å². The monoisotopic (exact) mass is 616 g/mol. The maximum atomic E-state index is 13.2. The lowest BCUT2D eigenvalue weighted by atomic mass is 10.1. The summed E-state index contributed by atoms with van der Waals surface area (Å²) in [6.07, 6.45) is 1.79. The van der Waals surface area contributed by atoms with Crippen molar-refractivity contribution in [3.8, 4) is 11.5 Å². The maximum Gasteiger partial charge on any atom is 0.335 e. The number of benzene rings is 4. The van der Waals surface area contributed by atoms with Crippen LogP contribution < -0.4 is 9.47 Å². The van der Waals surface area contributed by atoms with Crippen molar-refractivity contribution in [3.63, 3.8) is 0 Å². The van der Waals surface area contributed by atoms with Crippen LogP contribution in [0.5, 0.6) is 11.5 Å². The van der Waals surface area contributed by atoms with Crippen LogP contribution in [-0.2, 0) is 11.4 Å². The van der Waals surface area contributed by atoms with E-state index in [0.717, 1.165) is 21.9 Å². The van der Waals surface area contributed by atoms with E-state index in [0.29, 0.717) is 44.9 Å². The number of carboxylic acid groups (broad SMARTS) is 1. The predicted octanol–water partition coefficient (Wildman–Crippen LogP) is 7.51. The molecular formula is C31H25BrN2O5S. The SMILES string of the molecule is CCN1C(=O)/C(=C/c2cc(Br)c(OCc3cccc4ccccc34)c(OC)c2)SC1=Nc1cccc(C(=O)O)c1. The lowest BCUT2D eigenvalue weighted by molar-refractivity contribution is -0.122. The number of aliphatic imine (C=N–C) groups is 1. The number of ether oxygens (including phenoxy) is 2. The molecule has 0 bridgehead atoms. The second kappa shape index (κ2) is 12.0. The normalized spacial score (nSPS) is 15.3. The largest absolute Gasteiger partial charge is 0.493 e. The highest BCUT2D eigenvalue weighted by Gasteiger charge is 2.32. The summed E-state index contributed by atoms with van der Waals surface area (Å²) < 4.78 is 12.6. The molecule has 0 radical (unpaired) electrons. The molecule has 0 aromatic heterocycles. The Kier molecular flexibility index (Phi) is 8.23. The first kappa shape index (κ1) is 27.5. The molecule has 1 amide bonds. The Hall–Kier alpha value is -4.08. The molecule has 4 aromatic carbocycles. The van der Waals surface area contributed by atoms with Gasteiger partial charge in [0, 0.05) is 6.54 Å². The van der Waals surface area contributed by atoms with Crippen LogP contribution in [0.1, 0.15) is 28.4 Å². The highest BCUT2D eigenvalue weighted by atomic mass is 79.9. The second-order valence-electron chi connectivity index (χ2n) is 8.87. The van der Waals surface area contributed by atoms with Gasteiger partial charge in [0.25, 0.3) is 5.91 Å². The molecule has 0 unspecified atom stereocenters. The van der Waals surface area contributed by atoms with Crippen molar-refractivity contribution in [2.24, 2.45) is 4.99 Å². The smallest absolute Gasteiger partial charge is 0.335 e. The van der Waals surface area contributed by atoms with Gasteiger partial charge in [0.2, 0.25) is 0 Å². The number of carbonyl (C=O) groups excluding carboxylic acids is 1. The van der Waals surface area contributed by atoms with Gasteiger partial charge < -0.3 is 14.6 Å². The number of carbonyl (C=O) groups is 2. The molecule has 1 saturated heterocycles. The summed E-state index contributed by atoms with van der Waals surface area (Å²) in [5.74, 6) is -0.108. The van der Waals surface area contributed by atoms with Crippen LogP contribution in [-0.4, -0.2) is 40.7 Å². The van der Waals surface area contributed by atoms with Gasteiger partial charge in [0.05, 0.1) is 27.7 Å². The fourth-order valence-corrected chi connectivity index (χ4v) is 6.01. The Balaban J connectivity index is 1.41. The number of thioether (sulfide) groups is 1. The highest BCUT2D eigenvalue weighted by molar-refractivity contribution is 9.10. The molecule has 40 heavy (non-hydrogen) atoms. The number of nitrogens with zero attached hydrogens (tertiary/aromatic N) is 2. The lowest BCUT2D eigenvalue weighted by Crippen LogP contribution is -2.28. The lowest BCUT2D eigenvalue weighted by Gasteiger charge is -2.15. The van der Waals surface area contributed by atoms with E-state index < -0.39 is 5.97 Å². The number of halogens is 1. The van der Waals surface area contributed by atoms with E-state index in [2.05, 4.69) is 39.1 Å². The number of methoxy groups -OCH3 is 1. The van der Waals surface area contributed by atoms with Gasteiger partial charge in [0.1, 0.15) is 6.61 Å². The number of likely N-dealkylation sites (N-methyl/N-ethyl adjacent to an activating group) is 1. The number of rotatable bonds is 8. The van der Waals surface area contributed by atoms with Crippen LogP contribution >= 0.6 is 27.7 Å². The van der Waals surface area contributed by atoms with Crippen LogP contribution in [0.2, 0.25) is 0 Å². The minimum Gasteiger partial charge on any atom is -0.493 e. The van der Waals surface area contributed by atoms with E-state index in [1.807, 2.05) is 43.3 Å². The molecule has 0 saturated carbocycles. The molecule has 1 fully saturated rings. The molecular weight excluding hydrogens is 592 g/mol. The summed E-state index contributed by atoms with van der Waals surface area (Å²) in [4.78, 5) is 31.1. The Morgan fingerprint density at radius 1 is 1.07 bits per heavy atom. The molecule has 0 spiro atoms. The quantitative estimate of drug-likeness (QED) is 0.206. The molecule has 4 aromatic rings. The predicted molar refractivity (Wildman–Crippen MR) is 162 cm³/mol. The minimum atomic E-state index is -1.03. The zero-order chi connectivity index (χ0) is 28.2. The number of carboxylic acids is 1. The van der Waals surface area contributed by atoms with Crippen molar-refractivity contribution in [1.82, 2.24) is 4.90 Å². The number of fused-ring (bicyclic) bond motifs is 1. The minimum absolute atomic E-state index is 0.134. The second-order valence-corrected chi connectivity index (χ2v) is 10.7. The summed E-state index contributed by atoms with van der Waals surface area (Å²) >= 11 is 4.86. The average Bonchev–Trinajstić information content (AvgIpc) is 3.25. The van der Waals surface area contributed by atoms with E-state index >= 15 is 0 Å². The highest BCUT2D eigenvalue weighted by Crippen LogP contribution is 2.40. The van der Waals surface area contributed by atoms with Crippen molar-refractivity contribution >= 4 is 67.3 Å². The summed E-state index contributed by atoms with van der Waals surface area (Å²) in [7, 11) is 1.58. The number of amidine groups is 1. The summed E-state index contributed by atoms with van der Waals surface area (Å²) in [5.41, 5.74) is 2.41. The zero-order valence-corrected chi connectivity index (χ0v) is 24.2. The molecule has 7 nitrogen and oxygen atoms in total. The van der Waals surface area contributed by atoms with Gasteiger partial charge in [-0.25, -0.2) is 9.79 Å². The number of hydrogen-bond donors (Lipinski definition) is 1. The van der Waals surface area contributed by atoms with Gasteiger partial charge in [-0.05, 0) is 92.9 Å². The third-order valence-corrected chi connectivity index (χ3v) is 7.92. The molecule has 5 rings (SSSR count). The van der Waals surface area contributed by atoms with Gasteiger partial charge in [-0.2, -0.15) is 0 Å². The van der Waals surface area contributed by atoms with E-state index in [9.17, 15) is 14.7 Å². The van der Waals surface area contributed by atoms with Crippen LogP contribution in [0.25, 0.3) is 16.8 Å². The Bertz CT molecular complexity index is 1680. The molecule has 0 atom stereocenters. The van der Waals surface area contributed by atoms with E-state index in [4.69, 9.17) is 9.47 Å². The Morgan fingerprint density at radius 2 is 1.85 bits per heavy atom. The van der Waals surface area contributed by atoms with E-state index in [1.54, 1.807) is 30.2 Å². The molecule has 1 aliphatic rings. The van der Waals surface area contributed by atoms with E-state index in [-0.39, 0.29) is 11.5 Å². The van der Waals surface area contributed by atoms with Gasteiger partial charge >= 0.3 is 5.97 Å². The molecule has 9 heteroatoms. The Morgan fingerprint density at radius 3 is 2.62 bits per heavy atom. The fraction of sp³-hybridized carbons (Fsp3) is 0.129. The van der Waals surface area contributed by atoms with Crippen molar-refractivity contribution in [2.75, 3.05) is 13.7 Å². The third-order valence-electron chi connectivity index (χ3n) is 6.32. The molecule has 1 aliphatic heterocycles. The van der Waals surface area contributed by atoms with Crippen molar-refractivity contribution in [3.05, 3.63) is 105 Å². The first-order chi connectivity index (χ1) is 19.4. The van der Waals surface area contributed by atoms with Crippen LogP contribution in [0, 0.1) is 0 Å². The number of aromatic carboxylic acids is 1. The third kappa shape index (κ3) is 5.76. The van der Waals surface area contributed by atoms with Gasteiger partial charge in [0.15, 0.2) is 16.7 Å². The number of amides is 1. The van der Waals surface area contributed by atoms with Crippen LogP contribution in [0.15, 0.2) is 93.2 Å². The summed E-state index contributed by atoms with van der Waals surface area (Å²) in [5, 5.41) is 12.1. The van der Waals surface area contributed by atoms with Gasteiger partial charge in [-0.1, -0.05) is 48.5 Å². The first-order valence-electron chi connectivity index (χ1n) is 12.5. The summed E-state index contributed by atoms with van der Waals surface area (Å²) in [6, 6.07) is 24.3.